The maximum atomic E-state index is 5.75. The molecular formula is C14H13N3O. The van der Waals surface area contributed by atoms with E-state index < -0.39 is 0 Å². The van der Waals surface area contributed by atoms with Crippen molar-refractivity contribution in [3.63, 3.8) is 0 Å². The van der Waals surface area contributed by atoms with Gasteiger partial charge in [-0.2, -0.15) is 5.10 Å². The van der Waals surface area contributed by atoms with E-state index in [1.165, 1.54) is 0 Å². The van der Waals surface area contributed by atoms with Gasteiger partial charge in [0.1, 0.15) is 5.75 Å². The maximum absolute atomic E-state index is 5.75. The molecule has 0 spiro atoms. The van der Waals surface area contributed by atoms with Gasteiger partial charge in [0, 0.05) is 23.3 Å². The summed E-state index contributed by atoms with van der Waals surface area (Å²) in [5, 5.41) is 5.56. The van der Waals surface area contributed by atoms with Gasteiger partial charge in [0.15, 0.2) is 0 Å². The van der Waals surface area contributed by atoms with Gasteiger partial charge in [-0.25, -0.2) is 4.68 Å². The van der Waals surface area contributed by atoms with Gasteiger partial charge >= 0.3 is 0 Å². The number of nitrogens with zero attached hydrogens (tertiary/aromatic N) is 2. The molecule has 90 valence electrons. The number of fused-ring (bicyclic) bond motifs is 1. The summed E-state index contributed by atoms with van der Waals surface area (Å²) < 4.78 is 7.03. The van der Waals surface area contributed by atoms with Crippen LogP contribution in [0.1, 0.15) is 0 Å². The van der Waals surface area contributed by atoms with Crippen LogP contribution in [0.2, 0.25) is 0 Å². The van der Waals surface area contributed by atoms with Crippen molar-refractivity contribution < 1.29 is 4.74 Å². The Morgan fingerprint density at radius 2 is 2.06 bits per heavy atom. The lowest BCUT2D eigenvalue weighted by atomic mass is 10.2. The van der Waals surface area contributed by atoms with Crippen molar-refractivity contribution in [1.82, 2.24) is 9.78 Å². The fraction of sp³-hybridized carbons (Fsp3) is 0.0714. The first-order chi connectivity index (χ1) is 8.76. The fourth-order valence-corrected chi connectivity index (χ4v) is 1.92. The van der Waals surface area contributed by atoms with Crippen LogP contribution in [-0.4, -0.2) is 16.9 Å². The molecule has 18 heavy (non-hydrogen) atoms. The fourth-order valence-electron chi connectivity index (χ4n) is 1.92. The quantitative estimate of drug-likeness (QED) is 0.699. The topological polar surface area (TPSA) is 53.1 Å². The number of nitrogen functional groups attached to an aromatic ring is 1. The lowest BCUT2D eigenvalue weighted by Gasteiger charge is -2.03. The number of nitrogens with two attached hydrogens (primary N) is 1. The standard InChI is InChI=1S/C14H13N3O/c1-18-13-4-2-3-12(8-13)17-9-10-5-6-11(15)7-14(10)16-17/h2-9H,15H2,1H3. The first-order valence-electron chi connectivity index (χ1n) is 5.65. The van der Waals surface area contributed by atoms with E-state index >= 15 is 0 Å². The van der Waals surface area contributed by atoms with Gasteiger partial charge in [-0.05, 0) is 30.3 Å². The molecule has 1 aromatic heterocycles. The second kappa shape index (κ2) is 4.07. The van der Waals surface area contributed by atoms with Crippen molar-refractivity contribution in [1.29, 1.82) is 0 Å². The van der Waals surface area contributed by atoms with E-state index in [1.807, 2.05) is 53.3 Å². The molecule has 0 amide bonds. The van der Waals surface area contributed by atoms with Crippen LogP contribution in [0.5, 0.6) is 5.75 Å². The Balaban J connectivity index is 2.13. The summed E-state index contributed by atoms with van der Waals surface area (Å²) in [7, 11) is 1.65. The van der Waals surface area contributed by atoms with E-state index in [0.717, 1.165) is 28.0 Å². The monoisotopic (exact) mass is 239 g/mol. The number of benzene rings is 2. The second-order valence-electron chi connectivity index (χ2n) is 4.09. The van der Waals surface area contributed by atoms with Gasteiger partial charge in [-0.1, -0.05) is 6.07 Å². The van der Waals surface area contributed by atoms with Crippen molar-refractivity contribution in [3.05, 3.63) is 48.7 Å². The Bertz CT molecular complexity index is 703. The molecule has 0 aliphatic heterocycles. The van der Waals surface area contributed by atoms with Crippen LogP contribution in [0.3, 0.4) is 0 Å². The molecule has 0 saturated heterocycles. The van der Waals surface area contributed by atoms with E-state index in [1.54, 1.807) is 7.11 Å². The highest BCUT2D eigenvalue weighted by molar-refractivity contribution is 5.81. The molecule has 4 heteroatoms. The molecular weight excluding hydrogens is 226 g/mol. The van der Waals surface area contributed by atoms with Crippen molar-refractivity contribution in [2.45, 2.75) is 0 Å². The molecule has 0 radical (unpaired) electrons. The van der Waals surface area contributed by atoms with Gasteiger partial charge in [0.25, 0.3) is 0 Å². The number of methoxy groups -OCH3 is 1. The molecule has 2 aromatic carbocycles. The molecule has 3 aromatic rings. The molecule has 0 saturated carbocycles. The molecule has 0 unspecified atom stereocenters. The third-order valence-electron chi connectivity index (χ3n) is 2.85. The minimum atomic E-state index is 0.721. The predicted molar refractivity (Wildman–Crippen MR) is 72.0 cm³/mol. The Labute approximate surface area is 105 Å². The highest BCUT2D eigenvalue weighted by Crippen LogP contribution is 2.20. The molecule has 0 atom stereocenters. The van der Waals surface area contributed by atoms with E-state index in [9.17, 15) is 0 Å². The maximum Gasteiger partial charge on any atom is 0.121 e. The van der Waals surface area contributed by atoms with Gasteiger partial charge in [0.2, 0.25) is 0 Å². The normalized spacial score (nSPS) is 10.7. The summed E-state index contributed by atoms with van der Waals surface area (Å²) in [5.74, 6) is 0.812. The number of rotatable bonds is 2. The van der Waals surface area contributed by atoms with Gasteiger partial charge in [-0.15, -0.1) is 0 Å². The van der Waals surface area contributed by atoms with Crippen LogP contribution < -0.4 is 10.5 Å². The molecule has 0 fully saturated rings. The summed E-state index contributed by atoms with van der Waals surface area (Å²) >= 11 is 0. The minimum Gasteiger partial charge on any atom is -0.497 e. The van der Waals surface area contributed by atoms with Gasteiger partial charge in [0.05, 0.1) is 18.3 Å². The largest absolute Gasteiger partial charge is 0.497 e. The second-order valence-corrected chi connectivity index (χ2v) is 4.09. The molecule has 1 heterocycles. The summed E-state index contributed by atoms with van der Waals surface area (Å²) in [6, 6.07) is 13.5. The highest BCUT2D eigenvalue weighted by atomic mass is 16.5. The zero-order valence-electron chi connectivity index (χ0n) is 10.00. The molecule has 0 aliphatic carbocycles. The molecule has 3 rings (SSSR count). The third-order valence-corrected chi connectivity index (χ3v) is 2.85. The van der Waals surface area contributed by atoms with Crippen LogP contribution >= 0.6 is 0 Å². The highest BCUT2D eigenvalue weighted by Gasteiger charge is 2.03. The molecule has 0 aliphatic rings. The lowest BCUT2D eigenvalue weighted by Crippen LogP contribution is -1.94. The van der Waals surface area contributed by atoms with Crippen LogP contribution in [-0.2, 0) is 0 Å². The lowest BCUT2D eigenvalue weighted by molar-refractivity contribution is 0.414. The van der Waals surface area contributed by atoms with Crippen molar-refractivity contribution in [2.75, 3.05) is 12.8 Å². The average molecular weight is 239 g/mol. The Kier molecular flexibility index (Phi) is 2.41. The van der Waals surface area contributed by atoms with Crippen molar-refractivity contribution >= 4 is 16.6 Å². The van der Waals surface area contributed by atoms with Crippen molar-refractivity contribution in [3.8, 4) is 11.4 Å². The van der Waals surface area contributed by atoms with Gasteiger partial charge in [-0.3, -0.25) is 0 Å². The van der Waals surface area contributed by atoms with E-state index in [4.69, 9.17) is 10.5 Å². The van der Waals surface area contributed by atoms with E-state index in [2.05, 4.69) is 5.10 Å². The Morgan fingerprint density at radius 3 is 2.89 bits per heavy atom. The third kappa shape index (κ3) is 1.78. The van der Waals surface area contributed by atoms with Crippen LogP contribution in [0.4, 0.5) is 5.69 Å². The molecule has 0 bridgehead atoms. The Morgan fingerprint density at radius 1 is 1.17 bits per heavy atom. The van der Waals surface area contributed by atoms with E-state index in [-0.39, 0.29) is 0 Å². The summed E-state index contributed by atoms with van der Waals surface area (Å²) in [4.78, 5) is 0. The Hall–Kier alpha value is -2.49. The van der Waals surface area contributed by atoms with E-state index in [0.29, 0.717) is 0 Å². The zero-order valence-corrected chi connectivity index (χ0v) is 10.00. The van der Waals surface area contributed by atoms with Crippen LogP contribution in [0.25, 0.3) is 16.6 Å². The zero-order chi connectivity index (χ0) is 12.5. The first-order valence-corrected chi connectivity index (χ1v) is 5.65. The number of ether oxygens (including phenoxy) is 1. The number of hydrogen-bond acceptors (Lipinski definition) is 3. The minimum absolute atomic E-state index is 0.721. The van der Waals surface area contributed by atoms with Crippen LogP contribution in [0.15, 0.2) is 48.7 Å². The number of anilines is 1. The first kappa shape index (κ1) is 10.7. The number of aromatic nitrogens is 2. The SMILES string of the molecule is COc1cccc(-n2cc3ccc(N)cc3n2)c1. The van der Waals surface area contributed by atoms with Gasteiger partial charge < -0.3 is 10.5 Å². The molecule has 4 nitrogen and oxygen atoms in total. The number of hydrogen-bond donors (Lipinski definition) is 1. The average Bonchev–Trinajstić information content (AvgIpc) is 2.81. The predicted octanol–water partition coefficient (Wildman–Crippen LogP) is 2.62. The summed E-state index contributed by atoms with van der Waals surface area (Å²) in [6.07, 6.45) is 1.98. The smallest absolute Gasteiger partial charge is 0.121 e. The molecule has 2 N–H and O–H groups in total. The van der Waals surface area contributed by atoms with Crippen LogP contribution in [0, 0.1) is 0 Å². The van der Waals surface area contributed by atoms with Crippen molar-refractivity contribution in [2.24, 2.45) is 0 Å². The summed E-state index contributed by atoms with van der Waals surface area (Å²) in [5.41, 5.74) is 8.32. The summed E-state index contributed by atoms with van der Waals surface area (Å²) in [6.45, 7) is 0.